The normalized spacial score (nSPS) is 22.9. The molecule has 2 rings (SSSR count). The van der Waals surface area contributed by atoms with Gasteiger partial charge >= 0.3 is 6.09 Å². The van der Waals surface area contributed by atoms with Crippen LogP contribution in [0.3, 0.4) is 0 Å². The largest absolute Gasteiger partial charge is 0.465 e. The van der Waals surface area contributed by atoms with Crippen molar-refractivity contribution in [3.05, 3.63) is 11.1 Å². The van der Waals surface area contributed by atoms with E-state index in [1.165, 1.54) is 29.7 Å². The summed E-state index contributed by atoms with van der Waals surface area (Å²) in [5.41, 5.74) is 2.95. The maximum absolute atomic E-state index is 10.7. The molecule has 0 unspecified atom stereocenters. The molecule has 3 nitrogen and oxygen atoms in total. The molecule has 1 N–H and O–H groups in total. The fourth-order valence-corrected chi connectivity index (χ4v) is 2.27. The van der Waals surface area contributed by atoms with Crippen molar-refractivity contribution in [2.75, 3.05) is 13.1 Å². The van der Waals surface area contributed by atoms with E-state index in [0.29, 0.717) is 13.1 Å². The summed E-state index contributed by atoms with van der Waals surface area (Å²) in [5.74, 6) is 0. The summed E-state index contributed by atoms with van der Waals surface area (Å²) < 4.78 is 0. The second kappa shape index (κ2) is 3.40. The maximum Gasteiger partial charge on any atom is 0.407 e. The molecule has 0 atom stereocenters. The monoisotopic (exact) mass is 181 g/mol. The summed E-state index contributed by atoms with van der Waals surface area (Å²) >= 11 is 0. The Labute approximate surface area is 78.0 Å². The van der Waals surface area contributed by atoms with Crippen molar-refractivity contribution in [2.24, 2.45) is 0 Å². The van der Waals surface area contributed by atoms with E-state index in [2.05, 4.69) is 0 Å². The van der Waals surface area contributed by atoms with Crippen LogP contribution >= 0.6 is 0 Å². The topological polar surface area (TPSA) is 40.5 Å². The molecule has 72 valence electrons. The van der Waals surface area contributed by atoms with E-state index in [4.69, 9.17) is 5.11 Å². The predicted molar refractivity (Wildman–Crippen MR) is 49.7 cm³/mol. The summed E-state index contributed by atoms with van der Waals surface area (Å²) in [6.45, 7) is 1.37. The summed E-state index contributed by atoms with van der Waals surface area (Å²) in [6, 6.07) is 0. The van der Waals surface area contributed by atoms with Gasteiger partial charge in [-0.05, 0) is 32.1 Å². The highest BCUT2D eigenvalue weighted by atomic mass is 16.4. The number of hydrogen-bond donors (Lipinski definition) is 1. The van der Waals surface area contributed by atoms with Crippen LogP contribution in [0.1, 0.15) is 32.1 Å². The lowest BCUT2D eigenvalue weighted by Crippen LogP contribution is -2.36. The van der Waals surface area contributed by atoms with E-state index in [1.807, 2.05) is 0 Å². The van der Waals surface area contributed by atoms with Crippen molar-refractivity contribution in [2.45, 2.75) is 32.1 Å². The molecular weight excluding hydrogens is 166 g/mol. The third-order valence-electron chi connectivity index (χ3n) is 3.04. The predicted octanol–water partition coefficient (Wildman–Crippen LogP) is 2.24. The minimum absolute atomic E-state index is 0.671. The van der Waals surface area contributed by atoms with E-state index < -0.39 is 6.09 Å². The van der Waals surface area contributed by atoms with E-state index in [1.54, 1.807) is 5.57 Å². The lowest BCUT2D eigenvalue weighted by Gasteiger charge is -2.31. The number of carboxylic acid groups (broad SMARTS) is 1. The molecule has 0 fully saturated rings. The van der Waals surface area contributed by atoms with Gasteiger partial charge in [-0.2, -0.15) is 0 Å². The molecule has 0 radical (unpaired) electrons. The summed E-state index contributed by atoms with van der Waals surface area (Å²) in [6.07, 6.45) is 5.08. The first kappa shape index (κ1) is 8.60. The second-order valence-corrected chi connectivity index (χ2v) is 3.87. The Bertz CT molecular complexity index is 258. The van der Waals surface area contributed by atoms with Gasteiger partial charge in [0.15, 0.2) is 0 Å². The lowest BCUT2D eigenvalue weighted by atomic mass is 9.87. The van der Waals surface area contributed by atoms with Gasteiger partial charge in [-0.1, -0.05) is 11.1 Å². The van der Waals surface area contributed by atoms with Gasteiger partial charge in [0.05, 0.1) is 0 Å². The summed E-state index contributed by atoms with van der Waals surface area (Å²) in [5, 5.41) is 8.83. The van der Waals surface area contributed by atoms with Crippen LogP contribution in [0.2, 0.25) is 0 Å². The average Bonchev–Trinajstić information content (AvgIpc) is 2.17. The highest BCUT2D eigenvalue weighted by molar-refractivity contribution is 5.65. The Morgan fingerprint density at radius 2 is 1.85 bits per heavy atom. The molecule has 0 aromatic carbocycles. The van der Waals surface area contributed by atoms with Crippen molar-refractivity contribution < 1.29 is 9.90 Å². The van der Waals surface area contributed by atoms with E-state index in [0.717, 1.165) is 12.8 Å². The van der Waals surface area contributed by atoms with Crippen molar-refractivity contribution in [3.63, 3.8) is 0 Å². The van der Waals surface area contributed by atoms with Gasteiger partial charge < -0.3 is 10.0 Å². The molecule has 1 amide bonds. The summed E-state index contributed by atoms with van der Waals surface area (Å²) in [7, 11) is 0. The molecule has 0 bridgehead atoms. The molecule has 13 heavy (non-hydrogen) atoms. The quantitative estimate of drug-likeness (QED) is 0.582. The van der Waals surface area contributed by atoms with Crippen molar-refractivity contribution in [1.29, 1.82) is 0 Å². The van der Waals surface area contributed by atoms with Crippen molar-refractivity contribution in [3.8, 4) is 0 Å². The number of carbonyl (C=O) groups is 1. The highest BCUT2D eigenvalue weighted by Crippen LogP contribution is 2.30. The highest BCUT2D eigenvalue weighted by Gasteiger charge is 2.23. The van der Waals surface area contributed by atoms with Gasteiger partial charge in [0, 0.05) is 13.1 Å². The van der Waals surface area contributed by atoms with Crippen LogP contribution in [0.4, 0.5) is 4.79 Å². The first-order valence-electron chi connectivity index (χ1n) is 4.95. The van der Waals surface area contributed by atoms with Gasteiger partial charge in [-0.3, -0.25) is 0 Å². The Balaban J connectivity index is 2.09. The van der Waals surface area contributed by atoms with Crippen LogP contribution in [0.15, 0.2) is 11.1 Å². The average molecular weight is 181 g/mol. The second-order valence-electron chi connectivity index (χ2n) is 3.87. The van der Waals surface area contributed by atoms with Crippen LogP contribution in [0.25, 0.3) is 0 Å². The van der Waals surface area contributed by atoms with Crippen LogP contribution in [-0.4, -0.2) is 29.2 Å². The fourth-order valence-electron chi connectivity index (χ4n) is 2.27. The number of amides is 1. The van der Waals surface area contributed by atoms with Crippen molar-refractivity contribution in [1.82, 2.24) is 4.90 Å². The minimum Gasteiger partial charge on any atom is -0.465 e. The zero-order valence-electron chi connectivity index (χ0n) is 7.75. The summed E-state index contributed by atoms with van der Waals surface area (Å²) in [4.78, 5) is 12.3. The molecule has 0 saturated carbocycles. The van der Waals surface area contributed by atoms with Crippen LogP contribution in [0, 0.1) is 0 Å². The van der Waals surface area contributed by atoms with Gasteiger partial charge in [0.1, 0.15) is 0 Å². The SMILES string of the molecule is O=C(O)N1CCC2=C(CCCC2)C1. The Morgan fingerprint density at radius 3 is 2.54 bits per heavy atom. The number of hydrogen-bond acceptors (Lipinski definition) is 1. The number of nitrogens with zero attached hydrogens (tertiary/aromatic N) is 1. The third-order valence-corrected chi connectivity index (χ3v) is 3.04. The molecule has 0 aromatic heterocycles. The molecule has 0 aromatic rings. The first-order valence-corrected chi connectivity index (χ1v) is 4.95. The van der Waals surface area contributed by atoms with Gasteiger partial charge in [-0.25, -0.2) is 4.79 Å². The van der Waals surface area contributed by atoms with Gasteiger partial charge in [0.25, 0.3) is 0 Å². The van der Waals surface area contributed by atoms with Gasteiger partial charge in [0.2, 0.25) is 0 Å². The zero-order valence-corrected chi connectivity index (χ0v) is 7.75. The fraction of sp³-hybridized carbons (Fsp3) is 0.700. The lowest BCUT2D eigenvalue weighted by molar-refractivity contribution is 0.146. The Kier molecular flexibility index (Phi) is 2.25. The number of rotatable bonds is 0. The van der Waals surface area contributed by atoms with Crippen LogP contribution in [0.5, 0.6) is 0 Å². The first-order chi connectivity index (χ1) is 6.27. The molecule has 2 aliphatic rings. The van der Waals surface area contributed by atoms with Crippen LogP contribution < -0.4 is 0 Å². The van der Waals surface area contributed by atoms with Gasteiger partial charge in [-0.15, -0.1) is 0 Å². The maximum atomic E-state index is 10.7. The van der Waals surface area contributed by atoms with E-state index in [9.17, 15) is 4.79 Å². The molecule has 1 heterocycles. The zero-order chi connectivity index (χ0) is 9.26. The van der Waals surface area contributed by atoms with Crippen molar-refractivity contribution >= 4 is 6.09 Å². The van der Waals surface area contributed by atoms with E-state index >= 15 is 0 Å². The molecular formula is C10H15NO2. The third kappa shape index (κ3) is 1.69. The standard InChI is InChI=1S/C10H15NO2/c12-10(13)11-6-5-8-3-1-2-4-9(8)7-11/h1-7H2,(H,12,13). The molecule has 0 saturated heterocycles. The van der Waals surface area contributed by atoms with E-state index in [-0.39, 0.29) is 0 Å². The van der Waals surface area contributed by atoms with Crippen LogP contribution in [-0.2, 0) is 0 Å². The Hall–Kier alpha value is -0.990. The Morgan fingerprint density at radius 1 is 1.15 bits per heavy atom. The molecule has 1 aliphatic carbocycles. The molecule has 3 heteroatoms. The smallest absolute Gasteiger partial charge is 0.407 e. The molecule has 1 aliphatic heterocycles. The molecule has 0 spiro atoms. The minimum atomic E-state index is -0.767.